The summed E-state index contributed by atoms with van der Waals surface area (Å²) in [5.41, 5.74) is 6.68. The van der Waals surface area contributed by atoms with Crippen LogP contribution in [-0.4, -0.2) is 73.1 Å². The summed E-state index contributed by atoms with van der Waals surface area (Å²) < 4.78 is 0. The van der Waals surface area contributed by atoms with E-state index in [2.05, 4.69) is 86.7 Å². The van der Waals surface area contributed by atoms with Gasteiger partial charge in [0.1, 0.15) is 0 Å². The molecule has 2 N–H and O–H groups in total. The zero-order valence-electron chi connectivity index (χ0n) is 33.0. The van der Waals surface area contributed by atoms with Crippen molar-refractivity contribution in [3.63, 3.8) is 0 Å². The van der Waals surface area contributed by atoms with E-state index in [1.165, 1.54) is 88.4 Å². The third-order valence-corrected chi connectivity index (χ3v) is 10.5. The van der Waals surface area contributed by atoms with Crippen LogP contribution < -0.4 is 10.6 Å². The molecular formula is C44H66Cl2N6. The number of anilines is 2. The quantitative estimate of drug-likeness (QED) is 0.0658. The van der Waals surface area contributed by atoms with Gasteiger partial charge in [-0.3, -0.25) is 9.97 Å². The van der Waals surface area contributed by atoms with Crippen LogP contribution in [0.5, 0.6) is 0 Å². The van der Waals surface area contributed by atoms with Gasteiger partial charge in [0.15, 0.2) is 0 Å². The molecular weight excluding hydrogens is 683 g/mol. The Labute approximate surface area is 325 Å². The second-order valence-electron chi connectivity index (χ2n) is 15.7. The Kier molecular flexibility index (Phi) is 18.3. The summed E-state index contributed by atoms with van der Waals surface area (Å²) in [5, 5.41) is 11.4. The van der Waals surface area contributed by atoms with Crippen LogP contribution in [0.1, 0.15) is 115 Å². The Morgan fingerprint density at radius 1 is 0.519 bits per heavy atom. The molecule has 6 nitrogen and oxygen atoms in total. The molecule has 0 aliphatic heterocycles. The lowest BCUT2D eigenvalue weighted by molar-refractivity contribution is 0.390. The number of nitrogens with one attached hydrogen (secondary N) is 2. The van der Waals surface area contributed by atoms with Crippen LogP contribution >= 0.6 is 23.2 Å². The van der Waals surface area contributed by atoms with Crippen molar-refractivity contribution in [3.8, 4) is 0 Å². The Hall–Kier alpha value is -2.64. The number of hydrogen-bond donors (Lipinski definition) is 2. The van der Waals surface area contributed by atoms with E-state index in [9.17, 15) is 0 Å². The van der Waals surface area contributed by atoms with E-state index in [0.29, 0.717) is 12.1 Å². The predicted molar refractivity (Wildman–Crippen MR) is 229 cm³/mol. The lowest BCUT2D eigenvalue weighted by Gasteiger charge is -2.19. The number of fused-ring (bicyclic) bond motifs is 2. The van der Waals surface area contributed by atoms with Gasteiger partial charge in [0, 0.05) is 55.7 Å². The number of aryl methyl sites for hydroxylation is 2. The van der Waals surface area contributed by atoms with Gasteiger partial charge in [0.25, 0.3) is 0 Å². The van der Waals surface area contributed by atoms with Gasteiger partial charge in [-0.05, 0) is 155 Å². The molecule has 286 valence electrons. The number of hydrogen-bond acceptors (Lipinski definition) is 6. The largest absolute Gasteiger partial charge is 0.382 e. The van der Waals surface area contributed by atoms with E-state index in [1.54, 1.807) is 0 Å². The molecule has 0 aliphatic rings. The minimum absolute atomic E-state index is 0.406. The van der Waals surface area contributed by atoms with Crippen LogP contribution in [-0.2, 0) is 12.8 Å². The molecule has 4 rings (SSSR count). The second-order valence-corrected chi connectivity index (χ2v) is 16.5. The summed E-state index contributed by atoms with van der Waals surface area (Å²) in [4.78, 5) is 14.5. The van der Waals surface area contributed by atoms with Crippen LogP contribution in [0.2, 0.25) is 10.0 Å². The first-order valence-corrected chi connectivity index (χ1v) is 20.8. The van der Waals surface area contributed by atoms with Crippen molar-refractivity contribution >= 4 is 56.4 Å². The first-order chi connectivity index (χ1) is 25.1. The Morgan fingerprint density at radius 2 is 0.885 bits per heavy atom. The van der Waals surface area contributed by atoms with Crippen molar-refractivity contribution < 1.29 is 0 Å². The van der Waals surface area contributed by atoms with E-state index in [-0.39, 0.29) is 0 Å². The van der Waals surface area contributed by atoms with Crippen molar-refractivity contribution in [3.05, 3.63) is 70.0 Å². The van der Waals surface area contributed by atoms with Gasteiger partial charge in [0.05, 0.1) is 11.0 Å². The van der Waals surface area contributed by atoms with Crippen molar-refractivity contribution in [2.75, 3.05) is 51.9 Å². The molecule has 2 atom stereocenters. The molecule has 8 heteroatoms. The Morgan fingerprint density at radius 3 is 1.25 bits per heavy atom. The summed E-state index contributed by atoms with van der Waals surface area (Å²) in [6, 6.07) is 17.5. The number of nitrogens with zero attached hydrogens (tertiary/aromatic N) is 4. The maximum absolute atomic E-state index is 6.36. The van der Waals surface area contributed by atoms with Gasteiger partial charge in [-0.2, -0.15) is 0 Å². The molecule has 0 fully saturated rings. The van der Waals surface area contributed by atoms with Crippen molar-refractivity contribution in [1.29, 1.82) is 0 Å². The summed E-state index contributed by atoms with van der Waals surface area (Å²) in [7, 11) is 8.55. The number of pyridine rings is 2. The summed E-state index contributed by atoms with van der Waals surface area (Å²) >= 11 is 12.7. The molecule has 0 amide bonds. The predicted octanol–water partition coefficient (Wildman–Crippen LogP) is 12.1. The second kappa shape index (κ2) is 22.5. The summed E-state index contributed by atoms with van der Waals surface area (Å²) in [5.74, 6) is 0. The van der Waals surface area contributed by atoms with E-state index in [0.717, 1.165) is 82.0 Å². The highest BCUT2D eigenvalue weighted by Crippen LogP contribution is 2.29. The molecule has 52 heavy (non-hydrogen) atoms. The Bertz CT molecular complexity index is 1520. The van der Waals surface area contributed by atoms with Gasteiger partial charge in [-0.1, -0.05) is 74.6 Å². The van der Waals surface area contributed by atoms with E-state index < -0.39 is 0 Å². The SMILES string of the molecule is CC(CCCN(C)C)Nc1cc(CCCCCCCCCCCCc2cc(NC(C)CCCN(C)C)c3ccc(Cl)cc3n2)nc2cc(Cl)ccc12. The highest BCUT2D eigenvalue weighted by atomic mass is 35.5. The normalized spacial score (nSPS) is 13.0. The summed E-state index contributed by atoms with van der Waals surface area (Å²) in [6.45, 7) is 6.78. The molecule has 0 bridgehead atoms. The number of rotatable bonds is 25. The van der Waals surface area contributed by atoms with Gasteiger partial charge >= 0.3 is 0 Å². The highest BCUT2D eigenvalue weighted by Gasteiger charge is 2.12. The van der Waals surface area contributed by atoms with Crippen molar-refractivity contribution in [2.45, 2.75) is 129 Å². The zero-order chi connectivity index (χ0) is 37.3. The monoisotopic (exact) mass is 748 g/mol. The zero-order valence-corrected chi connectivity index (χ0v) is 34.6. The minimum atomic E-state index is 0.406. The first kappa shape index (κ1) is 42.1. The maximum Gasteiger partial charge on any atom is 0.0740 e. The first-order valence-electron chi connectivity index (χ1n) is 20.1. The molecule has 2 heterocycles. The fourth-order valence-electron chi connectivity index (χ4n) is 7.14. The Balaban J connectivity index is 1.12. The molecule has 0 spiro atoms. The van der Waals surface area contributed by atoms with Crippen LogP contribution in [0.25, 0.3) is 21.8 Å². The van der Waals surface area contributed by atoms with Gasteiger partial charge in [-0.15, -0.1) is 0 Å². The molecule has 0 radical (unpaired) electrons. The van der Waals surface area contributed by atoms with Gasteiger partial charge in [-0.25, -0.2) is 0 Å². The highest BCUT2D eigenvalue weighted by molar-refractivity contribution is 6.31. The topological polar surface area (TPSA) is 56.3 Å². The molecule has 2 aromatic heterocycles. The number of aromatic nitrogens is 2. The lowest BCUT2D eigenvalue weighted by Crippen LogP contribution is -2.19. The van der Waals surface area contributed by atoms with Crippen LogP contribution in [0.15, 0.2) is 48.5 Å². The molecule has 0 aliphatic carbocycles. The van der Waals surface area contributed by atoms with E-state index >= 15 is 0 Å². The third kappa shape index (κ3) is 15.0. The lowest BCUT2D eigenvalue weighted by atomic mass is 10.0. The van der Waals surface area contributed by atoms with E-state index in [1.807, 2.05) is 24.3 Å². The van der Waals surface area contributed by atoms with Crippen molar-refractivity contribution in [2.24, 2.45) is 0 Å². The van der Waals surface area contributed by atoms with Crippen LogP contribution in [0.3, 0.4) is 0 Å². The number of unbranched alkanes of at least 4 members (excludes halogenated alkanes) is 9. The van der Waals surface area contributed by atoms with Gasteiger partial charge in [0.2, 0.25) is 0 Å². The molecule has 2 aromatic carbocycles. The smallest absolute Gasteiger partial charge is 0.0740 e. The van der Waals surface area contributed by atoms with E-state index in [4.69, 9.17) is 33.2 Å². The molecule has 2 unspecified atom stereocenters. The number of benzene rings is 2. The minimum Gasteiger partial charge on any atom is -0.382 e. The maximum atomic E-state index is 6.36. The third-order valence-electron chi connectivity index (χ3n) is 10.1. The average Bonchev–Trinajstić information content (AvgIpc) is 3.08. The number of halogens is 2. The van der Waals surface area contributed by atoms with Gasteiger partial charge < -0.3 is 20.4 Å². The van der Waals surface area contributed by atoms with Crippen LogP contribution in [0, 0.1) is 0 Å². The molecule has 4 aromatic rings. The molecule has 0 saturated carbocycles. The standard InChI is InChI=1S/C44H66Cl2N6/c1-33(19-17-27-51(3)4)47-43-31-37(49-41-29-35(45)23-25-39(41)43)21-15-13-11-9-7-8-10-12-14-16-22-38-32-44(48-34(2)20-18-28-52(5)6)40-26-24-36(46)30-42(40)50-38/h23-26,29-34H,7-22,27-28H2,1-6H3,(H,47,49)(H,48,50). The average molecular weight is 750 g/mol. The molecule has 0 saturated heterocycles. The summed E-state index contributed by atoms with van der Waals surface area (Å²) in [6.07, 6.45) is 19.5. The van der Waals surface area contributed by atoms with Crippen LogP contribution in [0.4, 0.5) is 11.4 Å². The van der Waals surface area contributed by atoms with Crippen molar-refractivity contribution in [1.82, 2.24) is 19.8 Å². The fourth-order valence-corrected chi connectivity index (χ4v) is 7.47. The fraction of sp³-hybridized carbons (Fsp3) is 0.591.